The highest BCUT2D eigenvalue weighted by molar-refractivity contribution is 7.95. The van der Waals surface area contributed by atoms with Crippen LogP contribution in [0.1, 0.15) is 88.8 Å². The molecule has 38 nitrogen and oxygen atoms in total. The minimum atomic E-state index is -2.20. The van der Waals surface area contributed by atoms with E-state index in [2.05, 4.69) is 74.3 Å². The number of hydrogen-bond acceptors (Lipinski definition) is 31. The molecule has 532 valence electrons. The Hall–Kier alpha value is -7.30. The van der Waals surface area contributed by atoms with Crippen LogP contribution < -0.4 is 60.6 Å². The Morgan fingerprint density at radius 1 is 0.781 bits per heavy atom. The number of nitrogens with zero attached hydrogens (tertiary/aromatic N) is 5. The van der Waals surface area contributed by atoms with E-state index in [0.717, 1.165) is 24.7 Å². The summed E-state index contributed by atoms with van der Waals surface area (Å²) in [5.41, 5.74) is 28.1. The van der Waals surface area contributed by atoms with Crippen molar-refractivity contribution in [2.24, 2.45) is 28.9 Å². The topological polar surface area (TPSA) is 627 Å². The number of aliphatic hydroxyl groups is 8. The number of anilines is 1. The lowest BCUT2D eigenvalue weighted by Crippen LogP contribution is -2.65. The number of aromatic nitrogens is 6. The van der Waals surface area contributed by atoms with Crippen LogP contribution in [-0.2, 0) is 65.0 Å². The van der Waals surface area contributed by atoms with Crippen LogP contribution in [0.5, 0.6) is 0 Å². The molecule has 2 fully saturated rings. The summed E-state index contributed by atoms with van der Waals surface area (Å²) < 4.78 is 28.7. The second-order valence-corrected chi connectivity index (χ2v) is 27.0. The zero-order valence-electron chi connectivity index (χ0n) is 52.9. The van der Waals surface area contributed by atoms with Crippen molar-refractivity contribution in [3.8, 4) is 10.7 Å². The van der Waals surface area contributed by atoms with Crippen molar-refractivity contribution in [1.29, 1.82) is 0 Å². The average molecular weight is 1420 g/mol. The second kappa shape index (κ2) is 35.8. The maximum atomic E-state index is 15.2. The number of rotatable bonds is 35. The first kappa shape index (κ1) is 77.7. The monoisotopic (exact) mass is 1410 g/mol. The van der Waals surface area contributed by atoms with E-state index in [1.165, 1.54) is 50.4 Å². The Balaban J connectivity index is 1.26. The third kappa shape index (κ3) is 20.6. The van der Waals surface area contributed by atoms with Crippen molar-refractivity contribution < 1.29 is 103 Å². The molecule has 96 heavy (non-hydrogen) atoms. The van der Waals surface area contributed by atoms with Crippen LogP contribution in [0.4, 0.5) is 10.6 Å². The number of aromatic amines is 1. The van der Waals surface area contributed by atoms with E-state index in [9.17, 15) is 74.4 Å². The molecular formula is C55H84N17O21S3+. The smallest absolute Gasteiger partial charge is 0.404 e. The average Bonchev–Trinajstić information content (AvgIpc) is 0.885. The fourth-order valence-electron chi connectivity index (χ4n) is 9.80. The van der Waals surface area contributed by atoms with Gasteiger partial charge in [-0.15, -0.1) is 22.7 Å². The molecule has 0 radical (unpaired) electrons. The molecule has 0 bridgehead atoms. The van der Waals surface area contributed by atoms with Gasteiger partial charge in [0.05, 0.1) is 85.2 Å². The molecule has 0 saturated carbocycles. The SMILES string of the molecule is Cc1c(N)nc([C@H](CC(N)=O)NC[C@H](N)C(N)=O)nc1C(=O)N[C@H](C(=O)N[C@H](C)[C@@H](O)[C@H](C)C(=O)N[C@H](C(=O)NCCc1nc(-c2nc(C(=O)NCCC[S+](C)C)cs2)cs1)[C@@H](C)O)C(OC1OC(CO)C(O)C(O)C1OC1OC(CO)C(O)C(OC(N)=O)C1O)c1cnc[nH]1. The van der Waals surface area contributed by atoms with Crippen molar-refractivity contribution in [3.63, 3.8) is 0 Å². The Labute approximate surface area is 559 Å². The number of ether oxygens (including phenoxy) is 5. The summed E-state index contributed by atoms with van der Waals surface area (Å²) in [4.78, 5) is 131. The van der Waals surface area contributed by atoms with Crippen LogP contribution in [0.25, 0.3) is 10.7 Å². The number of nitrogens with one attached hydrogen (secondary N) is 7. The van der Waals surface area contributed by atoms with Crippen molar-refractivity contribution in [3.05, 3.63) is 56.8 Å². The molecule has 11 unspecified atom stereocenters. The van der Waals surface area contributed by atoms with E-state index in [1.54, 1.807) is 10.8 Å². The van der Waals surface area contributed by atoms with E-state index in [1.807, 2.05) is 0 Å². The zero-order chi connectivity index (χ0) is 71.0. The standard InChI is InChI=1S/C55H83N17O21S3/c1-20-33(69-46(72-44(20)58)25(12-31(57)76)64-13-24(56)45(59)82)50(86)71-35(41(26-14-61-19-65-26)91-54-43(39(80)37(78)29(15-73)90-54)92-53-40(81)42(93-55(60)88)38(79)30(16-74)89-53)51(87)66-22(3)36(77)21(2)47(83)70-34(23(4)75)49(85)63-10-8-32-67-28(18-94-32)52-68-27(17-95-52)48(84)62-9-7-11-96(5)6/h14,17-19,21-25,29-30,34-43,53-54,64,73-75,77-81H,7-13,15-16,56H2,1-6H3,(H13-,57,58,59,60,61,62,63,65,66,69,70,71,72,76,82,83,84,85,86,87,88)/p+1/t21-,22+,23+,24-,25-,29?,30?,34-,35-,36-,37?,38?,39?,40?,41?,42?,43?,53?,54?/m0/s1. The van der Waals surface area contributed by atoms with Gasteiger partial charge in [-0.1, -0.05) is 6.92 Å². The molecule has 6 heterocycles. The number of nitrogen functional groups attached to an aromatic ring is 1. The minimum absolute atomic E-state index is 0.00498. The fraction of sp³-hybridized carbons (Fsp3) is 0.618. The summed E-state index contributed by atoms with van der Waals surface area (Å²) >= 11 is 2.52. The Bertz CT molecular complexity index is 3280. The molecule has 0 aliphatic carbocycles. The number of amides is 8. The molecule has 41 heteroatoms. The maximum Gasteiger partial charge on any atom is 0.404 e. The van der Waals surface area contributed by atoms with E-state index in [-0.39, 0.29) is 64.9 Å². The number of hydrogen-bond donors (Lipinski definition) is 20. The van der Waals surface area contributed by atoms with Gasteiger partial charge < -0.3 is 130 Å². The third-order valence-electron chi connectivity index (χ3n) is 15.3. The van der Waals surface area contributed by atoms with Crippen molar-refractivity contribution in [2.45, 2.75) is 157 Å². The summed E-state index contributed by atoms with van der Waals surface area (Å²) in [5, 5.41) is 108. The number of primary amides is 3. The summed E-state index contributed by atoms with van der Waals surface area (Å²) in [6.45, 7) is 3.18. The van der Waals surface area contributed by atoms with Crippen LogP contribution in [0.2, 0.25) is 0 Å². The summed E-state index contributed by atoms with van der Waals surface area (Å²) in [6, 6.07) is -7.85. The van der Waals surface area contributed by atoms with Gasteiger partial charge in [0, 0.05) is 55.2 Å². The van der Waals surface area contributed by atoms with Gasteiger partial charge in [0.1, 0.15) is 100 Å². The van der Waals surface area contributed by atoms with Gasteiger partial charge >= 0.3 is 6.09 Å². The van der Waals surface area contributed by atoms with E-state index in [0.29, 0.717) is 22.3 Å². The lowest BCUT2D eigenvalue weighted by atomic mass is 9.96. The fourth-order valence-corrected chi connectivity index (χ4v) is 12.1. The Morgan fingerprint density at radius 2 is 1.47 bits per heavy atom. The van der Waals surface area contributed by atoms with Gasteiger partial charge in [0.15, 0.2) is 18.7 Å². The largest absolute Gasteiger partial charge is 0.441 e. The summed E-state index contributed by atoms with van der Waals surface area (Å²) in [7, 11) is 0.254. The number of H-pyrrole nitrogens is 1. The van der Waals surface area contributed by atoms with Crippen LogP contribution >= 0.6 is 22.7 Å². The highest BCUT2D eigenvalue weighted by atomic mass is 32.2. The molecule has 2 aliphatic heterocycles. The van der Waals surface area contributed by atoms with Gasteiger partial charge in [-0.2, -0.15) is 0 Å². The highest BCUT2D eigenvalue weighted by Crippen LogP contribution is 2.35. The number of thiazole rings is 2. The van der Waals surface area contributed by atoms with Gasteiger partial charge in [-0.3, -0.25) is 33.6 Å². The van der Waals surface area contributed by atoms with Crippen molar-refractivity contribution >= 4 is 86.8 Å². The van der Waals surface area contributed by atoms with Gasteiger partial charge in [0.25, 0.3) is 11.8 Å². The Morgan fingerprint density at radius 3 is 2.09 bits per heavy atom. The third-order valence-corrected chi connectivity index (χ3v) is 18.2. The van der Waals surface area contributed by atoms with Gasteiger partial charge in [-0.05, 0) is 31.7 Å². The lowest BCUT2D eigenvalue weighted by molar-refractivity contribution is -0.372. The number of nitrogens with two attached hydrogens (primary N) is 5. The maximum absolute atomic E-state index is 15.2. The number of imidazole rings is 1. The number of carbonyl (C=O) groups excluding carboxylic acids is 8. The zero-order valence-corrected chi connectivity index (χ0v) is 55.3. The highest BCUT2D eigenvalue weighted by Gasteiger charge is 2.54. The van der Waals surface area contributed by atoms with Crippen molar-refractivity contribution in [1.82, 2.24) is 61.8 Å². The molecule has 6 rings (SSSR count). The molecule has 19 atom stereocenters. The number of carbonyl (C=O) groups is 8. The second-order valence-electron chi connectivity index (χ2n) is 22.8. The predicted octanol–water partition coefficient (Wildman–Crippen LogP) is -7.70. The first-order chi connectivity index (χ1) is 45.3. The quantitative estimate of drug-likeness (QED) is 0.0150. The molecule has 2 aliphatic rings. The molecule has 0 aromatic carbocycles. The van der Waals surface area contributed by atoms with Crippen LogP contribution in [-0.4, -0.2) is 267 Å². The predicted molar refractivity (Wildman–Crippen MR) is 339 cm³/mol. The van der Waals surface area contributed by atoms with Crippen LogP contribution in [0.15, 0.2) is 23.3 Å². The van der Waals surface area contributed by atoms with E-state index >= 15 is 4.79 Å². The summed E-state index contributed by atoms with van der Waals surface area (Å²) in [6.07, 6.45) is -20.0. The van der Waals surface area contributed by atoms with Crippen LogP contribution in [0.3, 0.4) is 0 Å². The molecular weight excluding hydrogens is 1330 g/mol. The molecule has 8 amide bonds. The minimum Gasteiger partial charge on any atom is -0.441 e. The van der Waals surface area contributed by atoms with E-state index < -0.39 is 183 Å². The van der Waals surface area contributed by atoms with E-state index in [4.69, 9.17) is 52.4 Å². The van der Waals surface area contributed by atoms with Crippen molar-refractivity contribution in [2.75, 3.05) is 56.8 Å². The molecule has 25 N–H and O–H groups in total. The first-order valence-corrected chi connectivity index (χ1v) is 33.8. The normalized spacial score (nSPS) is 24.0. The van der Waals surface area contributed by atoms with Gasteiger partial charge in [0.2, 0.25) is 29.5 Å². The van der Waals surface area contributed by atoms with Gasteiger partial charge in [-0.25, -0.2) is 29.7 Å². The molecule has 4 aromatic heterocycles. The molecule has 0 spiro atoms. The summed E-state index contributed by atoms with van der Waals surface area (Å²) in [5.74, 6) is -7.69. The van der Waals surface area contributed by atoms with Crippen LogP contribution in [0, 0.1) is 12.8 Å². The molecule has 2 saturated heterocycles. The molecule has 4 aromatic rings. The number of aliphatic hydroxyl groups excluding tert-OH is 8. The lowest BCUT2D eigenvalue weighted by Gasteiger charge is -2.47. The Kier molecular flexibility index (Phi) is 29.0. The first-order valence-electron chi connectivity index (χ1n) is 29.8.